The largest absolute Gasteiger partial charge is 0.478 e. The highest BCUT2D eigenvalue weighted by Gasteiger charge is 2.19. The molecule has 0 spiro atoms. The highest BCUT2D eigenvalue weighted by atomic mass is 16.4. The van der Waals surface area contributed by atoms with Gasteiger partial charge in [0.25, 0.3) is 0 Å². The molecule has 0 aliphatic rings. The molecule has 0 amide bonds. The molecule has 4 nitrogen and oxygen atoms in total. The Balaban J connectivity index is 2.93. The second kappa shape index (κ2) is 4.94. The van der Waals surface area contributed by atoms with E-state index in [4.69, 9.17) is 0 Å². The van der Waals surface area contributed by atoms with Crippen molar-refractivity contribution in [1.82, 2.24) is 0 Å². The van der Waals surface area contributed by atoms with Crippen LogP contribution in [0.25, 0.3) is 10.8 Å². The summed E-state index contributed by atoms with van der Waals surface area (Å²) in [7, 11) is 0. The Labute approximate surface area is 109 Å². The monoisotopic (exact) mass is 256 g/mol. The topological polar surface area (TPSA) is 74.6 Å². The average Bonchev–Trinajstić information content (AvgIpc) is 2.37. The molecule has 2 aromatic carbocycles. The van der Waals surface area contributed by atoms with Crippen LogP contribution in [0.2, 0.25) is 0 Å². The van der Waals surface area contributed by atoms with Crippen molar-refractivity contribution in [2.24, 2.45) is 0 Å². The molecule has 96 valence electrons. The summed E-state index contributed by atoms with van der Waals surface area (Å²) in [5.41, 5.74) is 0.597. The third-order valence-corrected chi connectivity index (χ3v) is 2.94. The molecule has 0 fully saturated rings. The molecule has 0 saturated heterocycles. The Hall–Kier alpha value is -2.62. The molecule has 4 heteroatoms. The van der Waals surface area contributed by atoms with Crippen molar-refractivity contribution >= 4 is 22.7 Å². The Bertz CT molecular complexity index is 686. The third kappa shape index (κ3) is 2.20. The second-order valence-electron chi connectivity index (χ2n) is 4.11. The van der Waals surface area contributed by atoms with Crippen molar-refractivity contribution in [2.45, 2.75) is 6.42 Å². The van der Waals surface area contributed by atoms with E-state index in [1.54, 1.807) is 30.3 Å². The van der Waals surface area contributed by atoms with Gasteiger partial charge in [0.15, 0.2) is 0 Å². The summed E-state index contributed by atoms with van der Waals surface area (Å²) in [5, 5.41) is 19.4. The molecule has 0 radical (unpaired) electrons. The molecule has 19 heavy (non-hydrogen) atoms. The molecular weight excluding hydrogens is 244 g/mol. The molecule has 0 heterocycles. The molecule has 2 rings (SSSR count). The Kier molecular flexibility index (Phi) is 3.33. The van der Waals surface area contributed by atoms with Crippen LogP contribution < -0.4 is 0 Å². The van der Waals surface area contributed by atoms with Gasteiger partial charge in [0.1, 0.15) is 0 Å². The first kappa shape index (κ1) is 12.8. The van der Waals surface area contributed by atoms with Gasteiger partial charge in [0, 0.05) is 5.39 Å². The average molecular weight is 256 g/mol. The minimum absolute atomic E-state index is 0.000752. The quantitative estimate of drug-likeness (QED) is 0.825. The second-order valence-corrected chi connectivity index (χ2v) is 4.11. The number of aromatic carboxylic acids is 2. The van der Waals surface area contributed by atoms with Gasteiger partial charge < -0.3 is 10.2 Å². The van der Waals surface area contributed by atoms with E-state index in [0.29, 0.717) is 17.4 Å². The zero-order valence-electron chi connectivity index (χ0n) is 10.1. The maximum Gasteiger partial charge on any atom is 0.336 e. The van der Waals surface area contributed by atoms with Crippen LogP contribution in [-0.2, 0) is 6.42 Å². The van der Waals surface area contributed by atoms with Gasteiger partial charge in [0.2, 0.25) is 0 Å². The fourth-order valence-corrected chi connectivity index (χ4v) is 2.17. The fourth-order valence-electron chi connectivity index (χ4n) is 2.17. The van der Waals surface area contributed by atoms with Crippen LogP contribution in [0.5, 0.6) is 0 Å². The van der Waals surface area contributed by atoms with Gasteiger partial charge in [0.05, 0.1) is 11.1 Å². The lowest BCUT2D eigenvalue weighted by Gasteiger charge is -2.10. The highest BCUT2D eigenvalue weighted by molar-refractivity contribution is 6.13. The van der Waals surface area contributed by atoms with Crippen LogP contribution in [0.1, 0.15) is 26.3 Å². The SMILES string of the molecule is C=CCc1ccc2cccc(C(=O)O)c2c1C(=O)O. The van der Waals surface area contributed by atoms with Crippen LogP contribution in [0.15, 0.2) is 43.0 Å². The zero-order valence-corrected chi connectivity index (χ0v) is 10.1. The Morgan fingerprint density at radius 2 is 1.84 bits per heavy atom. The van der Waals surface area contributed by atoms with E-state index in [2.05, 4.69) is 6.58 Å². The first-order chi connectivity index (χ1) is 9.06. The number of rotatable bonds is 4. The predicted molar refractivity (Wildman–Crippen MR) is 71.8 cm³/mol. The van der Waals surface area contributed by atoms with E-state index in [9.17, 15) is 19.8 Å². The van der Waals surface area contributed by atoms with Crippen molar-refractivity contribution < 1.29 is 19.8 Å². The molecule has 2 N–H and O–H groups in total. The van der Waals surface area contributed by atoms with Crippen LogP contribution in [0, 0.1) is 0 Å². The molecule has 0 aromatic heterocycles. The summed E-state index contributed by atoms with van der Waals surface area (Å²) >= 11 is 0. The van der Waals surface area contributed by atoms with E-state index in [0.717, 1.165) is 0 Å². The smallest absolute Gasteiger partial charge is 0.336 e. The summed E-state index contributed by atoms with van der Waals surface area (Å²) < 4.78 is 0. The van der Waals surface area contributed by atoms with Gasteiger partial charge >= 0.3 is 11.9 Å². The molecular formula is C15H12O4. The first-order valence-corrected chi connectivity index (χ1v) is 5.68. The maximum absolute atomic E-state index is 11.5. The number of hydrogen-bond acceptors (Lipinski definition) is 2. The fraction of sp³-hybridized carbons (Fsp3) is 0.0667. The number of carboxylic acid groups (broad SMARTS) is 2. The van der Waals surface area contributed by atoms with E-state index in [-0.39, 0.29) is 16.5 Å². The molecule has 0 saturated carbocycles. The summed E-state index contributed by atoms with van der Waals surface area (Å²) in [6.45, 7) is 3.58. The number of benzene rings is 2. The van der Waals surface area contributed by atoms with E-state index in [1.807, 2.05) is 0 Å². The van der Waals surface area contributed by atoms with Crippen LogP contribution in [-0.4, -0.2) is 22.2 Å². The number of allylic oxidation sites excluding steroid dienone is 1. The molecule has 0 bridgehead atoms. The van der Waals surface area contributed by atoms with Gasteiger partial charge in [-0.1, -0.05) is 30.3 Å². The molecule has 0 aliphatic carbocycles. The number of carboxylic acids is 2. The summed E-state index contributed by atoms with van der Waals surface area (Å²) in [5.74, 6) is -2.26. The van der Waals surface area contributed by atoms with E-state index < -0.39 is 11.9 Å². The zero-order chi connectivity index (χ0) is 14.0. The van der Waals surface area contributed by atoms with Gasteiger partial charge in [-0.3, -0.25) is 0 Å². The summed E-state index contributed by atoms with van der Waals surface area (Å²) in [4.78, 5) is 22.7. The molecule has 2 aromatic rings. The maximum atomic E-state index is 11.5. The number of carbonyl (C=O) groups is 2. The lowest BCUT2D eigenvalue weighted by atomic mass is 9.93. The van der Waals surface area contributed by atoms with Crippen molar-refractivity contribution in [2.75, 3.05) is 0 Å². The van der Waals surface area contributed by atoms with E-state index >= 15 is 0 Å². The van der Waals surface area contributed by atoms with Crippen LogP contribution in [0.4, 0.5) is 0 Å². The molecule has 0 aliphatic heterocycles. The normalized spacial score (nSPS) is 10.3. The Morgan fingerprint density at radius 1 is 1.11 bits per heavy atom. The van der Waals surface area contributed by atoms with Crippen molar-refractivity contribution in [3.8, 4) is 0 Å². The standard InChI is InChI=1S/C15H12O4/c1-2-4-9-7-8-10-5-3-6-11(14(16)17)12(10)13(9)15(18)19/h2-3,5-8H,1,4H2,(H,16,17)(H,18,19). The summed E-state index contributed by atoms with van der Waals surface area (Å²) in [6.07, 6.45) is 1.97. The van der Waals surface area contributed by atoms with Gasteiger partial charge in [-0.15, -0.1) is 6.58 Å². The first-order valence-electron chi connectivity index (χ1n) is 5.68. The Morgan fingerprint density at radius 3 is 2.42 bits per heavy atom. The van der Waals surface area contributed by atoms with Crippen molar-refractivity contribution in [3.63, 3.8) is 0 Å². The lowest BCUT2D eigenvalue weighted by Crippen LogP contribution is -2.07. The summed E-state index contributed by atoms with van der Waals surface area (Å²) in [6, 6.07) is 8.14. The van der Waals surface area contributed by atoms with Crippen molar-refractivity contribution in [3.05, 3.63) is 59.7 Å². The lowest BCUT2D eigenvalue weighted by molar-refractivity contribution is 0.0694. The molecule has 0 unspecified atom stereocenters. The predicted octanol–water partition coefficient (Wildman–Crippen LogP) is 2.96. The van der Waals surface area contributed by atoms with Gasteiger partial charge in [-0.05, 0) is 23.4 Å². The number of fused-ring (bicyclic) bond motifs is 1. The van der Waals surface area contributed by atoms with E-state index in [1.165, 1.54) is 6.07 Å². The van der Waals surface area contributed by atoms with Crippen molar-refractivity contribution in [1.29, 1.82) is 0 Å². The highest BCUT2D eigenvalue weighted by Crippen LogP contribution is 2.27. The minimum Gasteiger partial charge on any atom is -0.478 e. The van der Waals surface area contributed by atoms with Crippen LogP contribution in [0.3, 0.4) is 0 Å². The molecule has 0 atom stereocenters. The third-order valence-electron chi connectivity index (χ3n) is 2.94. The number of hydrogen-bond donors (Lipinski definition) is 2. The van der Waals surface area contributed by atoms with Gasteiger partial charge in [-0.25, -0.2) is 9.59 Å². The van der Waals surface area contributed by atoms with Crippen LogP contribution >= 0.6 is 0 Å². The minimum atomic E-state index is -1.14. The van der Waals surface area contributed by atoms with Gasteiger partial charge in [-0.2, -0.15) is 0 Å².